The molecule has 0 radical (unpaired) electrons. The average Bonchev–Trinajstić information content (AvgIpc) is 2.76. The molecule has 1 aromatic carbocycles. The molecule has 0 saturated carbocycles. The third kappa shape index (κ3) is 3.68. The predicted molar refractivity (Wildman–Crippen MR) is 97.0 cm³/mol. The van der Waals surface area contributed by atoms with Crippen molar-refractivity contribution >= 4 is 18.7 Å². The third-order valence-corrected chi connectivity index (χ3v) is 5.60. The smallest absolute Gasteiger partial charge is 0.465 e. The second-order valence-electron chi connectivity index (χ2n) is 7.83. The van der Waals surface area contributed by atoms with Crippen LogP contribution in [-0.4, -0.2) is 65.5 Å². The fraction of sp³-hybridized carbons (Fsp3) is 0.611. The number of amides is 1. The van der Waals surface area contributed by atoms with Crippen molar-refractivity contribution in [3.8, 4) is 0 Å². The van der Waals surface area contributed by atoms with E-state index in [1.807, 2.05) is 12.1 Å². The Hall–Kier alpha value is -1.57. The first kappa shape index (κ1) is 18.2. The highest BCUT2D eigenvalue weighted by atomic mass is 16.7. The van der Waals surface area contributed by atoms with Crippen LogP contribution in [0.1, 0.15) is 33.3 Å². The summed E-state index contributed by atoms with van der Waals surface area (Å²) in [7, 11) is -0.374. The Morgan fingerprint density at radius 2 is 1.64 bits per heavy atom. The van der Waals surface area contributed by atoms with Crippen LogP contribution in [0, 0.1) is 0 Å². The van der Waals surface area contributed by atoms with Gasteiger partial charge in [0, 0.05) is 32.7 Å². The van der Waals surface area contributed by atoms with Crippen LogP contribution in [0.3, 0.4) is 0 Å². The van der Waals surface area contributed by atoms with Gasteiger partial charge >= 0.3 is 13.2 Å². The number of carbonyl (C=O) groups is 1. The zero-order chi connectivity index (χ0) is 18.2. The first-order valence-corrected chi connectivity index (χ1v) is 8.83. The standard InChI is InChI=1S/C18H27BN2O4/c1-17(2)18(3,4)25-19(24-17)15-8-6-5-7-14(15)13-20-9-11-21(12-10-20)16(22)23/h5-8H,9-13H2,1-4H3,(H,22,23). The molecule has 2 saturated heterocycles. The van der Waals surface area contributed by atoms with Gasteiger partial charge in [-0.2, -0.15) is 0 Å². The van der Waals surface area contributed by atoms with Gasteiger partial charge in [-0.1, -0.05) is 24.3 Å². The van der Waals surface area contributed by atoms with Crippen LogP contribution in [0.2, 0.25) is 0 Å². The topological polar surface area (TPSA) is 62.2 Å². The number of piperazine rings is 1. The molecule has 1 aromatic rings. The van der Waals surface area contributed by atoms with Crippen LogP contribution in [0.5, 0.6) is 0 Å². The number of nitrogens with zero attached hydrogens (tertiary/aromatic N) is 2. The summed E-state index contributed by atoms with van der Waals surface area (Å²) in [5.74, 6) is 0. The molecule has 1 amide bonds. The summed E-state index contributed by atoms with van der Waals surface area (Å²) in [6.07, 6.45) is -0.836. The highest BCUT2D eigenvalue weighted by Gasteiger charge is 2.52. The number of hydrogen-bond donors (Lipinski definition) is 1. The van der Waals surface area contributed by atoms with Crippen molar-refractivity contribution in [2.24, 2.45) is 0 Å². The molecule has 2 aliphatic rings. The highest BCUT2D eigenvalue weighted by Crippen LogP contribution is 2.36. The first-order valence-electron chi connectivity index (χ1n) is 8.83. The fourth-order valence-electron chi connectivity index (χ4n) is 3.22. The summed E-state index contributed by atoms with van der Waals surface area (Å²) in [5.41, 5.74) is 1.50. The lowest BCUT2D eigenvalue weighted by atomic mass is 9.76. The summed E-state index contributed by atoms with van der Waals surface area (Å²) >= 11 is 0. The van der Waals surface area contributed by atoms with E-state index >= 15 is 0 Å². The fourth-order valence-corrected chi connectivity index (χ4v) is 3.22. The molecule has 0 aliphatic carbocycles. The molecule has 0 aromatic heterocycles. The number of rotatable bonds is 3. The Balaban J connectivity index is 1.72. The molecule has 2 heterocycles. The summed E-state index contributed by atoms with van der Waals surface area (Å²) < 4.78 is 12.4. The quantitative estimate of drug-likeness (QED) is 0.846. The molecule has 0 bridgehead atoms. The SMILES string of the molecule is CC1(C)OB(c2ccccc2CN2CCN(C(=O)O)CC2)OC1(C)C. The van der Waals surface area contributed by atoms with E-state index in [1.165, 1.54) is 10.5 Å². The van der Waals surface area contributed by atoms with Gasteiger partial charge in [-0.3, -0.25) is 4.90 Å². The second kappa shape index (κ2) is 6.63. The molecule has 0 spiro atoms. The lowest BCUT2D eigenvalue weighted by Crippen LogP contribution is -2.48. The van der Waals surface area contributed by atoms with Crippen LogP contribution in [0.15, 0.2) is 24.3 Å². The molecule has 0 atom stereocenters. The minimum atomic E-state index is -0.836. The third-order valence-electron chi connectivity index (χ3n) is 5.60. The molecule has 0 unspecified atom stereocenters. The van der Waals surface area contributed by atoms with E-state index in [-0.39, 0.29) is 18.3 Å². The minimum absolute atomic E-state index is 0.363. The van der Waals surface area contributed by atoms with Crippen molar-refractivity contribution in [1.29, 1.82) is 0 Å². The van der Waals surface area contributed by atoms with Crippen LogP contribution in [0.4, 0.5) is 4.79 Å². The van der Waals surface area contributed by atoms with Crippen molar-refractivity contribution in [1.82, 2.24) is 9.80 Å². The van der Waals surface area contributed by atoms with Crippen molar-refractivity contribution in [3.05, 3.63) is 29.8 Å². The maximum Gasteiger partial charge on any atom is 0.495 e. The van der Waals surface area contributed by atoms with Crippen molar-refractivity contribution in [2.75, 3.05) is 26.2 Å². The van der Waals surface area contributed by atoms with Crippen LogP contribution < -0.4 is 5.46 Å². The van der Waals surface area contributed by atoms with E-state index < -0.39 is 6.09 Å². The Labute approximate surface area is 149 Å². The lowest BCUT2D eigenvalue weighted by molar-refractivity contribution is 0.00578. The molecule has 1 N–H and O–H groups in total. The molecule has 136 valence electrons. The van der Waals surface area contributed by atoms with Crippen molar-refractivity contribution in [2.45, 2.75) is 45.4 Å². The van der Waals surface area contributed by atoms with E-state index in [9.17, 15) is 4.79 Å². The van der Waals surface area contributed by atoms with Crippen molar-refractivity contribution in [3.63, 3.8) is 0 Å². The Morgan fingerprint density at radius 3 is 2.20 bits per heavy atom. The van der Waals surface area contributed by atoms with Gasteiger partial charge in [-0.15, -0.1) is 0 Å². The zero-order valence-corrected chi connectivity index (χ0v) is 15.5. The number of hydrogen-bond acceptors (Lipinski definition) is 4. The van der Waals surface area contributed by atoms with Gasteiger partial charge in [0.2, 0.25) is 0 Å². The van der Waals surface area contributed by atoms with Crippen LogP contribution in [-0.2, 0) is 15.9 Å². The minimum Gasteiger partial charge on any atom is -0.465 e. The van der Waals surface area contributed by atoms with Gasteiger partial charge in [-0.25, -0.2) is 4.79 Å². The summed E-state index contributed by atoms with van der Waals surface area (Å²) in [4.78, 5) is 14.8. The number of carboxylic acid groups (broad SMARTS) is 1. The van der Waals surface area contributed by atoms with E-state index in [4.69, 9.17) is 14.4 Å². The summed E-state index contributed by atoms with van der Waals surface area (Å²) in [6.45, 7) is 11.6. The Kier molecular flexibility index (Phi) is 4.83. The van der Waals surface area contributed by atoms with Gasteiger partial charge in [0.15, 0.2) is 0 Å². The molecule has 3 rings (SSSR count). The van der Waals surface area contributed by atoms with E-state index in [0.717, 1.165) is 25.1 Å². The van der Waals surface area contributed by atoms with Gasteiger partial charge in [0.1, 0.15) is 0 Å². The summed E-state index contributed by atoms with van der Waals surface area (Å²) in [6, 6.07) is 8.19. The highest BCUT2D eigenvalue weighted by molar-refractivity contribution is 6.62. The van der Waals surface area contributed by atoms with Gasteiger partial charge in [-0.05, 0) is 38.7 Å². The lowest BCUT2D eigenvalue weighted by Gasteiger charge is -2.33. The number of benzene rings is 1. The molecule has 2 aliphatic heterocycles. The first-order chi connectivity index (χ1) is 11.7. The molecule has 6 nitrogen and oxygen atoms in total. The van der Waals surface area contributed by atoms with E-state index in [2.05, 4.69) is 44.7 Å². The Bertz CT molecular complexity index is 626. The van der Waals surface area contributed by atoms with Crippen LogP contribution >= 0.6 is 0 Å². The van der Waals surface area contributed by atoms with Gasteiger partial charge < -0.3 is 19.3 Å². The van der Waals surface area contributed by atoms with Crippen LogP contribution in [0.25, 0.3) is 0 Å². The Morgan fingerprint density at radius 1 is 1.08 bits per heavy atom. The molecule has 25 heavy (non-hydrogen) atoms. The summed E-state index contributed by atoms with van der Waals surface area (Å²) in [5, 5.41) is 9.07. The van der Waals surface area contributed by atoms with E-state index in [0.29, 0.717) is 13.1 Å². The predicted octanol–water partition coefficient (Wildman–Crippen LogP) is 1.78. The van der Waals surface area contributed by atoms with Crippen molar-refractivity contribution < 1.29 is 19.2 Å². The maximum absolute atomic E-state index is 11.0. The monoisotopic (exact) mass is 346 g/mol. The van der Waals surface area contributed by atoms with E-state index in [1.54, 1.807) is 0 Å². The molecule has 2 fully saturated rings. The molecule has 7 heteroatoms. The maximum atomic E-state index is 11.0. The zero-order valence-electron chi connectivity index (χ0n) is 15.5. The normalized spacial score (nSPS) is 23.0. The largest absolute Gasteiger partial charge is 0.495 e. The van der Waals surface area contributed by atoms with Gasteiger partial charge in [0.05, 0.1) is 11.2 Å². The average molecular weight is 346 g/mol. The molecular formula is C18H27BN2O4. The van der Waals surface area contributed by atoms with Gasteiger partial charge in [0.25, 0.3) is 0 Å². The second-order valence-corrected chi connectivity index (χ2v) is 7.83. The molecular weight excluding hydrogens is 319 g/mol.